The molecule has 0 fully saturated rings. The summed E-state index contributed by atoms with van der Waals surface area (Å²) in [4.78, 5) is 27.5. The minimum absolute atomic E-state index is 0.0252. The molecule has 1 aromatic heterocycles. The molecule has 0 saturated carbocycles. The number of hydrogen-bond donors (Lipinski definition) is 3. The van der Waals surface area contributed by atoms with E-state index in [1.54, 1.807) is 27.7 Å². The van der Waals surface area contributed by atoms with Gasteiger partial charge in [0.05, 0.1) is 11.0 Å². The lowest BCUT2D eigenvalue weighted by atomic mass is 9.82. The molecule has 1 amide bonds. The van der Waals surface area contributed by atoms with Gasteiger partial charge in [-0.3, -0.25) is 10.1 Å². The number of nitriles is 1. The Balaban J connectivity index is 2.34. The standard InChI is InChI=1S/C25H31FN4O5/c1-15(12-27)11-25(5,22(31)35-24(2,3)4)14-34-19-7-6-16(10-17(19)13-28)18-8-9-29-21(20(18)26)30-23(32)33/h6-10,15H,11-12,14,27H2,1-5H3,(H,29,30)(H,32,33). The van der Waals surface area contributed by atoms with Crippen LogP contribution in [0.25, 0.3) is 11.1 Å². The highest BCUT2D eigenvalue weighted by Gasteiger charge is 2.39. The molecular formula is C25H31FN4O5. The molecule has 0 saturated heterocycles. The Morgan fingerprint density at radius 1 is 1.29 bits per heavy atom. The molecule has 188 valence electrons. The third kappa shape index (κ3) is 7.39. The summed E-state index contributed by atoms with van der Waals surface area (Å²) >= 11 is 0. The van der Waals surface area contributed by atoms with E-state index in [2.05, 4.69) is 4.98 Å². The summed E-state index contributed by atoms with van der Waals surface area (Å²) in [7, 11) is 0. The second kappa shape index (κ2) is 11.1. The van der Waals surface area contributed by atoms with Crippen molar-refractivity contribution in [3.8, 4) is 22.9 Å². The number of esters is 1. The van der Waals surface area contributed by atoms with Crippen LogP contribution in [0.3, 0.4) is 0 Å². The van der Waals surface area contributed by atoms with Gasteiger partial charge in [0.25, 0.3) is 0 Å². The lowest BCUT2D eigenvalue weighted by Gasteiger charge is -2.33. The molecule has 2 rings (SSSR count). The number of rotatable bonds is 9. The van der Waals surface area contributed by atoms with Gasteiger partial charge < -0.3 is 20.3 Å². The van der Waals surface area contributed by atoms with Crippen molar-refractivity contribution in [3.63, 3.8) is 0 Å². The van der Waals surface area contributed by atoms with Gasteiger partial charge in [-0.1, -0.05) is 13.0 Å². The van der Waals surface area contributed by atoms with Gasteiger partial charge in [-0.25, -0.2) is 14.2 Å². The Bertz CT molecular complexity index is 1130. The maximum Gasteiger partial charge on any atom is 0.410 e. The van der Waals surface area contributed by atoms with Crippen molar-refractivity contribution in [3.05, 3.63) is 41.8 Å². The minimum atomic E-state index is -1.45. The van der Waals surface area contributed by atoms with E-state index >= 15 is 0 Å². The maximum atomic E-state index is 14.8. The van der Waals surface area contributed by atoms with Crippen molar-refractivity contribution in [1.29, 1.82) is 5.26 Å². The fraction of sp³-hybridized carbons (Fsp3) is 0.440. The van der Waals surface area contributed by atoms with Crippen LogP contribution in [0.4, 0.5) is 15.0 Å². The average Bonchev–Trinajstić information content (AvgIpc) is 2.77. The number of amides is 1. The monoisotopic (exact) mass is 486 g/mol. The van der Waals surface area contributed by atoms with Crippen molar-refractivity contribution in [1.82, 2.24) is 4.98 Å². The molecule has 0 radical (unpaired) electrons. The number of pyridine rings is 1. The predicted octanol–water partition coefficient (Wildman–Crippen LogP) is 4.56. The van der Waals surface area contributed by atoms with Crippen LogP contribution < -0.4 is 15.8 Å². The largest absolute Gasteiger partial charge is 0.491 e. The number of carbonyl (C=O) groups excluding carboxylic acids is 1. The van der Waals surface area contributed by atoms with E-state index in [1.807, 2.05) is 18.3 Å². The molecule has 0 bridgehead atoms. The molecule has 1 heterocycles. The molecule has 9 nitrogen and oxygen atoms in total. The van der Waals surface area contributed by atoms with Gasteiger partial charge >= 0.3 is 12.1 Å². The summed E-state index contributed by atoms with van der Waals surface area (Å²) in [6.07, 6.45) is 0.220. The smallest absolute Gasteiger partial charge is 0.410 e. The first kappa shape index (κ1) is 27.5. The van der Waals surface area contributed by atoms with Crippen molar-refractivity contribution >= 4 is 17.9 Å². The molecule has 0 aliphatic rings. The van der Waals surface area contributed by atoms with Gasteiger partial charge in [0, 0.05) is 11.8 Å². The Morgan fingerprint density at radius 2 is 1.97 bits per heavy atom. The highest BCUT2D eigenvalue weighted by molar-refractivity contribution is 5.83. The Labute approximate surface area is 204 Å². The molecule has 2 aromatic rings. The molecule has 35 heavy (non-hydrogen) atoms. The summed E-state index contributed by atoms with van der Waals surface area (Å²) in [5, 5.41) is 20.4. The van der Waals surface area contributed by atoms with Gasteiger partial charge in [-0.15, -0.1) is 0 Å². The number of anilines is 1. The molecule has 0 aliphatic carbocycles. The van der Waals surface area contributed by atoms with Crippen LogP contribution in [0.1, 0.15) is 46.6 Å². The van der Waals surface area contributed by atoms with Crippen molar-refractivity contribution in [2.24, 2.45) is 17.1 Å². The van der Waals surface area contributed by atoms with E-state index in [4.69, 9.17) is 20.3 Å². The molecule has 4 N–H and O–H groups in total. The number of hydrogen-bond acceptors (Lipinski definition) is 7. The first-order chi connectivity index (χ1) is 16.3. The van der Waals surface area contributed by atoms with Crippen LogP contribution >= 0.6 is 0 Å². The Hall–Kier alpha value is -3.71. The van der Waals surface area contributed by atoms with Crippen molar-refractivity contribution < 1.29 is 28.6 Å². The Morgan fingerprint density at radius 3 is 2.54 bits per heavy atom. The van der Waals surface area contributed by atoms with Crippen LogP contribution in [-0.2, 0) is 9.53 Å². The fourth-order valence-corrected chi connectivity index (χ4v) is 3.46. The van der Waals surface area contributed by atoms with Crippen LogP contribution in [0.2, 0.25) is 0 Å². The zero-order chi connectivity index (χ0) is 26.4. The number of nitrogens with one attached hydrogen (secondary N) is 1. The summed E-state index contributed by atoms with van der Waals surface area (Å²) in [5.41, 5.74) is 4.56. The quantitative estimate of drug-likeness (QED) is 0.437. The summed E-state index contributed by atoms with van der Waals surface area (Å²) in [5.74, 6) is -1.52. The second-order valence-corrected chi connectivity index (χ2v) is 9.67. The molecule has 2 unspecified atom stereocenters. The molecule has 10 heteroatoms. The number of nitrogens with two attached hydrogens (primary N) is 1. The first-order valence-electron chi connectivity index (χ1n) is 11.0. The van der Waals surface area contributed by atoms with Gasteiger partial charge in [-0.2, -0.15) is 5.26 Å². The number of benzene rings is 1. The van der Waals surface area contributed by atoms with E-state index < -0.39 is 34.7 Å². The van der Waals surface area contributed by atoms with Crippen molar-refractivity contribution in [2.45, 2.75) is 46.6 Å². The normalized spacial score (nSPS) is 13.8. The van der Waals surface area contributed by atoms with Crippen LogP contribution in [0.15, 0.2) is 30.5 Å². The van der Waals surface area contributed by atoms with E-state index in [1.165, 1.54) is 30.5 Å². The molecule has 0 aliphatic heterocycles. The van der Waals surface area contributed by atoms with E-state index in [0.29, 0.717) is 18.5 Å². The van der Waals surface area contributed by atoms with E-state index in [0.717, 1.165) is 0 Å². The number of aromatic nitrogens is 1. The third-order valence-corrected chi connectivity index (χ3v) is 5.16. The minimum Gasteiger partial charge on any atom is -0.491 e. The third-order valence-electron chi connectivity index (χ3n) is 5.16. The van der Waals surface area contributed by atoms with Gasteiger partial charge in [0.1, 0.15) is 24.0 Å². The maximum absolute atomic E-state index is 14.8. The molecule has 1 aromatic carbocycles. The molecule has 2 atom stereocenters. The second-order valence-electron chi connectivity index (χ2n) is 9.67. The summed E-state index contributed by atoms with van der Waals surface area (Å²) in [6, 6.07) is 7.84. The van der Waals surface area contributed by atoms with E-state index in [9.17, 15) is 19.2 Å². The highest BCUT2D eigenvalue weighted by Crippen LogP contribution is 2.34. The van der Waals surface area contributed by atoms with E-state index in [-0.39, 0.29) is 29.4 Å². The van der Waals surface area contributed by atoms with Crippen molar-refractivity contribution in [2.75, 3.05) is 18.5 Å². The predicted molar refractivity (Wildman–Crippen MR) is 128 cm³/mol. The number of ether oxygens (including phenoxy) is 2. The number of nitrogens with zero attached hydrogens (tertiary/aromatic N) is 2. The number of carboxylic acid groups (broad SMARTS) is 1. The topological polar surface area (TPSA) is 148 Å². The lowest BCUT2D eigenvalue weighted by molar-refractivity contribution is -0.169. The Kier molecular flexibility index (Phi) is 8.77. The lowest BCUT2D eigenvalue weighted by Crippen LogP contribution is -2.41. The van der Waals surface area contributed by atoms with Crippen LogP contribution in [0, 0.1) is 28.5 Å². The zero-order valence-corrected chi connectivity index (χ0v) is 20.5. The van der Waals surface area contributed by atoms with Gasteiger partial charge in [0.2, 0.25) is 0 Å². The van der Waals surface area contributed by atoms with Crippen LogP contribution in [0.5, 0.6) is 5.75 Å². The SMILES string of the molecule is CC(CN)CC(C)(COc1ccc(-c2ccnc(NC(=O)O)c2F)cc1C#N)C(=O)OC(C)(C)C. The zero-order valence-electron chi connectivity index (χ0n) is 20.5. The summed E-state index contributed by atoms with van der Waals surface area (Å²) in [6.45, 7) is 9.32. The molecular weight excluding hydrogens is 455 g/mol. The van der Waals surface area contributed by atoms with Crippen LogP contribution in [-0.4, -0.2) is 40.9 Å². The fourth-order valence-electron chi connectivity index (χ4n) is 3.46. The number of carbonyl (C=O) groups is 2. The first-order valence-corrected chi connectivity index (χ1v) is 11.0. The van der Waals surface area contributed by atoms with Gasteiger partial charge in [0.15, 0.2) is 11.6 Å². The summed E-state index contributed by atoms with van der Waals surface area (Å²) < 4.78 is 26.3. The molecule has 0 spiro atoms. The number of halogens is 1. The van der Waals surface area contributed by atoms with Gasteiger partial charge in [-0.05, 0) is 70.3 Å². The highest BCUT2D eigenvalue weighted by atomic mass is 19.1. The average molecular weight is 487 g/mol.